The number of ether oxygens (including phenoxy) is 2. The Hall–Kier alpha value is -1.22. The van der Waals surface area contributed by atoms with Gasteiger partial charge in [-0.05, 0) is 34.5 Å². The summed E-state index contributed by atoms with van der Waals surface area (Å²) >= 11 is 3.24. The van der Waals surface area contributed by atoms with E-state index in [4.69, 9.17) is 9.47 Å². The Morgan fingerprint density at radius 1 is 1.13 bits per heavy atom. The summed E-state index contributed by atoms with van der Waals surface area (Å²) in [5.41, 5.74) is 1.04. The van der Waals surface area contributed by atoms with Gasteiger partial charge in [-0.3, -0.25) is 0 Å². The zero-order valence-electron chi connectivity index (χ0n) is 12.2. The molecule has 5 nitrogen and oxygen atoms in total. The standard InChI is InChI=1S/C15H15NO4S3/c17-23(18,12-1-2-13-14(9-12)20-6-5-19-13)16-4-8-22-15(16)11-3-7-21-10-11/h1-3,7,9-10,15H,4-6,8H2/t15-/m1/s1. The summed E-state index contributed by atoms with van der Waals surface area (Å²) < 4.78 is 38.6. The van der Waals surface area contributed by atoms with Crippen LogP contribution in [0, 0.1) is 0 Å². The topological polar surface area (TPSA) is 55.8 Å². The van der Waals surface area contributed by atoms with Crippen LogP contribution in [0.1, 0.15) is 10.9 Å². The third kappa shape index (κ3) is 2.73. The number of thiophene rings is 1. The maximum atomic E-state index is 13.0. The first-order valence-corrected chi connectivity index (χ1v) is 10.6. The van der Waals surface area contributed by atoms with Crippen LogP contribution in [-0.2, 0) is 10.0 Å². The first-order valence-electron chi connectivity index (χ1n) is 7.21. The molecule has 1 aromatic carbocycles. The molecule has 1 fully saturated rings. The van der Waals surface area contributed by atoms with Gasteiger partial charge in [-0.15, -0.1) is 11.8 Å². The Bertz CT molecular complexity index is 804. The smallest absolute Gasteiger partial charge is 0.244 e. The second-order valence-electron chi connectivity index (χ2n) is 5.20. The van der Waals surface area contributed by atoms with Gasteiger partial charge in [0.25, 0.3) is 0 Å². The van der Waals surface area contributed by atoms with Crippen molar-refractivity contribution in [1.82, 2.24) is 4.31 Å². The molecule has 0 spiro atoms. The summed E-state index contributed by atoms with van der Waals surface area (Å²) in [7, 11) is -3.57. The quantitative estimate of drug-likeness (QED) is 0.833. The van der Waals surface area contributed by atoms with Crippen LogP contribution >= 0.6 is 23.1 Å². The second-order valence-corrected chi connectivity index (χ2v) is 9.06. The number of benzene rings is 1. The highest BCUT2D eigenvalue weighted by Gasteiger charge is 2.37. The highest BCUT2D eigenvalue weighted by Crippen LogP contribution is 2.43. The van der Waals surface area contributed by atoms with Gasteiger partial charge >= 0.3 is 0 Å². The SMILES string of the molecule is O=S(=O)(c1ccc2c(c1)OCCO2)N1CCS[C@@H]1c1ccsc1. The van der Waals surface area contributed by atoms with Crippen molar-refractivity contribution in [2.75, 3.05) is 25.5 Å². The summed E-state index contributed by atoms with van der Waals surface area (Å²) in [5.74, 6) is 1.89. The van der Waals surface area contributed by atoms with Crippen molar-refractivity contribution in [1.29, 1.82) is 0 Å². The van der Waals surface area contributed by atoms with Gasteiger partial charge in [0.05, 0.1) is 10.3 Å². The predicted octanol–water partition coefficient (Wildman–Crippen LogP) is 2.96. The van der Waals surface area contributed by atoms with E-state index in [1.54, 1.807) is 45.6 Å². The zero-order valence-corrected chi connectivity index (χ0v) is 14.6. The minimum atomic E-state index is -3.57. The molecule has 0 saturated carbocycles. The minimum Gasteiger partial charge on any atom is -0.486 e. The highest BCUT2D eigenvalue weighted by molar-refractivity contribution is 8.01. The average Bonchev–Trinajstić information content (AvgIpc) is 3.25. The Morgan fingerprint density at radius 2 is 1.96 bits per heavy atom. The molecule has 1 aromatic heterocycles. The molecule has 0 amide bonds. The van der Waals surface area contributed by atoms with Crippen molar-refractivity contribution in [3.05, 3.63) is 40.6 Å². The number of hydrogen-bond donors (Lipinski definition) is 0. The molecule has 2 aliphatic rings. The molecule has 122 valence electrons. The molecule has 1 saturated heterocycles. The van der Waals surface area contributed by atoms with Gasteiger partial charge in [-0.25, -0.2) is 8.42 Å². The van der Waals surface area contributed by atoms with Crippen LogP contribution in [0.2, 0.25) is 0 Å². The third-order valence-electron chi connectivity index (χ3n) is 3.80. The van der Waals surface area contributed by atoms with E-state index in [2.05, 4.69) is 0 Å². The van der Waals surface area contributed by atoms with E-state index in [-0.39, 0.29) is 10.3 Å². The molecular weight excluding hydrogens is 354 g/mol. The van der Waals surface area contributed by atoms with E-state index in [1.807, 2.05) is 16.8 Å². The molecule has 2 aromatic rings. The van der Waals surface area contributed by atoms with Gasteiger partial charge in [0, 0.05) is 18.4 Å². The molecule has 0 radical (unpaired) electrons. The van der Waals surface area contributed by atoms with Crippen LogP contribution in [0.25, 0.3) is 0 Å². The third-order valence-corrected chi connectivity index (χ3v) is 7.75. The fourth-order valence-electron chi connectivity index (χ4n) is 2.70. The van der Waals surface area contributed by atoms with Crippen LogP contribution in [0.4, 0.5) is 0 Å². The van der Waals surface area contributed by atoms with E-state index < -0.39 is 10.0 Å². The van der Waals surface area contributed by atoms with Gasteiger partial charge in [-0.2, -0.15) is 15.6 Å². The Labute approximate surface area is 143 Å². The minimum absolute atomic E-state index is 0.153. The number of rotatable bonds is 3. The Kier molecular flexibility index (Phi) is 4.00. The summed E-state index contributed by atoms with van der Waals surface area (Å²) in [6, 6.07) is 6.82. The Balaban J connectivity index is 1.69. The summed E-state index contributed by atoms with van der Waals surface area (Å²) in [6.07, 6.45) is 0. The lowest BCUT2D eigenvalue weighted by Crippen LogP contribution is -2.30. The van der Waals surface area contributed by atoms with E-state index in [0.29, 0.717) is 31.3 Å². The first kappa shape index (κ1) is 15.3. The largest absolute Gasteiger partial charge is 0.486 e. The molecule has 23 heavy (non-hydrogen) atoms. The van der Waals surface area contributed by atoms with Crippen molar-refractivity contribution in [2.24, 2.45) is 0 Å². The summed E-state index contributed by atoms with van der Waals surface area (Å²) in [6.45, 7) is 1.44. The van der Waals surface area contributed by atoms with E-state index in [1.165, 1.54) is 0 Å². The van der Waals surface area contributed by atoms with Gasteiger partial charge in [0.15, 0.2) is 11.5 Å². The van der Waals surface area contributed by atoms with Crippen LogP contribution in [0.15, 0.2) is 39.9 Å². The van der Waals surface area contributed by atoms with Crippen molar-refractivity contribution < 1.29 is 17.9 Å². The lowest BCUT2D eigenvalue weighted by molar-refractivity contribution is 0.171. The molecule has 0 N–H and O–H groups in total. The summed E-state index contributed by atoms with van der Waals surface area (Å²) in [4.78, 5) is 0.254. The normalized spacial score (nSPS) is 21.5. The highest BCUT2D eigenvalue weighted by atomic mass is 32.2. The van der Waals surface area contributed by atoms with Gasteiger partial charge in [-0.1, -0.05) is 0 Å². The molecule has 2 aliphatic heterocycles. The lowest BCUT2D eigenvalue weighted by Gasteiger charge is -2.24. The molecular formula is C15H15NO4S3. The second kappa shape index (κ2) is 6.01. The predicted molar refractivity (Wildman–Crippen MR) is 90.8 cm³/mol. The average molecular weight is 369 g/mol. The van der Waals surface area contributed by atoms with Crippen molar-refractivity contribution in [2.45, 2.75) is 10.3 Å². The van der Waals surface area contributed by atoms with Gasteiger partial charge in [0.1, 0.15) is 13.2 Å². The number of nitrogens with zero attached hydrogens (tertiary/aromatic N) is 1. The maximum Gasteiger partial charge on any atom is 0.244 e. The van der Waals surface area contributed by atoms with E-state index in [0.717, 1.165) is 11.3 Å². The first-order chi connectivity index (χ1) is 11.2. The molecule has 0 bridgehead atoms. The van der Waals surface area contributed by atoms with E-state index in [9.17, 15) is 8.42 Å². The summed E-state index contributed by atoms with van der Waals surface area (Å²) in [5, 5.41) is 3.83. The van der Waals surface area contributed by atoms with E-state index >= 15 is 0 Å². The number of thioether (sulfide) groups is 1. The fraction of sp³-hybridized carbons (Fsp3) is 0.333. The van der Waals surface area contributed by atoms with Crippen LogP contribution in [0.5, 0.6) is 11.5 Å². The van der Waals surface area contributed by atoms with Crippen LogP contribution in [0.3, 0.4) is 0 Å². The van der Waals surface area contributed by atoms with Crippen molar-refractivity contribution in [3.63, 3.8) is 0 Å². The molecule has 3 heterocycles. The number of fused-ring (bicyclic) bond motifs is 1. The number of hydrogen-bond acceptors (Lipinski definition) is 6. The number of sulfonamides is 1. The molecule has 1 atom stereocenters. The molecule has 8 heteroatoms. The molecule has 0 unspecified atom stereocenters. The monoisotopic (exact) mass is 369 g/mol. The van der Waals surface area contributed by atoms with Crippen LogP contribution in [-0.4, -0.2) is 38.2 Å². The Morgan fingerprint density at radius 3 is 2.74 bits per heavy atom. The van der Waals surface area contributed by atoms with Crippen molar-refractivity contribution in [3.8, 4) is 11.5 Å². The maximum absolute atomic E-state index is 13.0. The van der Waals surface area contributed by atoms with Crippen LogP contribution < -0.4 is 9.47 Å². The van der Waals surface area contributed by atoms with Crippen molar-refractivity contribution >= 4 is 33.1 Å². The van der Waals surface area contributed by atoms with Gasteiger partial charge in [0.2, 0.25) is 10.0 Å². The van der Waals surface area contributed by atoms with Gasteiger partial charge < -0.3 is 9.47 Å². The molecule has 4 rings (SSSR count). The zero-order chi connectivity index (χ0) is 15.9. The fourth-order valence-corrected chi connectivity index (χ4v) is 6.71. The molecule has 0 aliphatic carbocycles. The lowest BCUT2D eigenvalue weighted by atomic mass is 10.3.